The van der Waals surface area contributed by atoms with Crippen LogP contribution < -0.4 is 75.7 Å². The number of phenols is 1. The van der Waals surface area contributed by atoms with E-state index in [0.29, 0.717) is 40.4 Å². The number of H-pyrrole nitrogens is 1. The Bertz CT molecular complexity index is 4890. The second-order valence-electron chi connectivity index (χ2n) is 32.6. The van der Waals surface area contributed by atoms with Gasteiger partial charge >= 0.3 is 0 Å². The Hall–Kier alpha value is -12.7. The fourth-order valence-electron chi connectivity index (χ4n) is 15.5. The van der Waals surface area contributed by atoms with Crippen LogP contribution in [0.1, 0.15) is 122 Å². The van der Waals surface area contributed by atoms with Gasteiger partial charge in [-0.2, -0.15) is 0 Å². The number of benzene rings is 3. The Balaban J connectivity index is 1.16. The van der Waals surface area contributed by atoms with Crippen LogP contribution >= 0.6 is 23.1 Å². The van der Waals surface area contributed by atoms with Crippen LogP contribution in [-0.2, 0) is 101 Å². The molecule has 40 nitrogen and oxygen atoms in total. The first-order valence-corrected chi connectivity index (χ1v) is 44.5. The summed E-state index contributed by atoms with van der Waals surface area (Å²) in [6.45, 7) is 9.95. The Morgan fingerprint density at radius 2 is 1.16 bits per heavy atom. The fraction of sp³-hybridized carbons (Fsp3) is 0.512. The zero-order valence-electron chi connectivity index (χ0n) is 73.0. The number of carbonyl (C=O) groups is 17. The number of nitrogens with zero attached hydrogens (tertiary/aromatic N) is 5. The van der Waals surface area contributed by atoms with E-state index in [2.05, 4.69) is 70.0 Å². The van der Waals surface area contributed by atoms with Crippen molar-refractivity contribution in [3.05, 3.63) is 114 Å². The summed E-state index contributed by atoms with van der Waals surface area (Å²) in [5.41, 5.74) is 18.9. The number of likely N-dealkylation sites (N-methyl/N-ethyl adjacent to an activating group) is 3. The Kier molecular flexibility index (Phi) is 37.5. The highest BCUT2D eigenvalue weighted by Gasteiger charge is 2.45. The van der Waals surface area contributed by atoms with E-state index in [4.69, 9.17) is 22.6 Å². The van der Waals surface area contributed by atoms with Gasteiger partial charge < -0.3 is 115 Å². The zero-order chi connectivity index (χ0) is 93.9. The molecule has 5 aromatic rings. The molecule has 14 atom stereocenters. The molecule has 0 aliphatic carbocycles. The molecule has 17 amide bonds. The number of thioether (sulfide) groups is 1. The van der Waals surface area contributed by atoms with Gasteiger partial charge in [-0.25, -0.2) is 0 Å². The highest BCUT2D eigenvalue weighted by molar-refractivity contribution is 8.00. The van der Waals surface area contributed by atoms with E-state index < -0.39 is 222 Å². The number of hydrogen-bond donors (Lipinski definition) is 18. The normalized spacial score (nSPS) is 24.8. The maximum Gasteiger partial charge on any atom is 0.247 e. The average Bonchev–Trinajstić information content (AvgIpc) is 1.70. The van der Waals surface area contributed by atoms with E-state index in [1.54, 1.807) is 50.4 Å². The van der Waals surface area contributed by atoms with Crippen LogP contribution in [0, 0.1) is 11.3 Å². The van der Waals surface area contributed by atoms with Crippen LogP contribution in [0.25, 0.3) is 21.0 Å². The molecule has 128 heavy (non-hydrogen) atoms. The predicted octanol–water partition coefficient (Wildman–Crippen LogP) is -2.12. The molecule has 694 valence electrons. The third-order valence-corrected chi connectivity index (χ3v) is 24.7. The molecular formula is C86H119N21O19S2. The summed E-state index contributed by atoms with van der Waals surface area (Å²) in [6.07, 6.45) is 2.46. The summed E-state index contributed by atoms with van der Waals surface area (Å²) in [4.78, 5) is 255. The number of unbranched alkanes of at least 4 members (excludes halogenated alkanes) is 1. The number of thiophene rings is 1. The van der Waals surface area contributed by atoms with Crippen LogP contribution in [0.3, 0.4) is 0 Å². The third-order valence-electron chi connectivity index (χ3n) is 22.6. The predicted molar refractivity (Wildman–Crippen MR) is 476 cm³/mol. The summed E-state index contributed by atoms with van der Waals surface area (Å²) < 4.78 is 0.853. The lowest BCUT2D eigenvalue weighted by Crippen LogP contribution is -2.61. The molecule has 3 saturated heterocycles. The molecule has 42 heteroatoms. The standard InChI is InChI=1S/C86H119N21O19S2/c1-10-12-24-67-85(126)103(7)48(6)73(114)96-56(23-17-32-91-86(89)90)75(116)102-63(74(115)93-41-70(88)111)44-127-45-71(112)95-59(36-49-28-30-52(109)31-29-49)81(122)104(8)64(11-2)78(119)100-61(39-69(87)110)84(125)107-34-19-26-66(107)80(121)101-62(42-108)77(118)99-58(35-46(3)4)83(124)106-33-18-25-65(106)79(120)97-57(37-50-40-92-55-22-15-13-20-53(50)55)76(117)94-47(5)72(113)98-60(82(123)105(67)9)38-51-43-128-68-27-16-14-21-54(51)68/h11,13-16,20-22,27-31,40,43,46-48,56-67,92,108-109H,2,10,12,17-19,23-26,32-39,41-42,44-45H2,1,3-9H3,(H2,87,110)(H2,88,111)(H,93,115)(H,94,117)(H,95,112)(H,96,114)(H,97,120)(H,98,113)(H,99,118)(H,100,119)(H,101,121)(H,102,116)(H4,89,90,91)/t47-,48-,56-,57-,58-,59?,60-,61-,62-,63?,64-,65-,66-,67-/m0/s1. The number of aliphatic hydroxyl groups excluding tert-OH is 1. The quantitative estimate of drug-likeness (QED) is 0.0152. The Morgan fingerprint density at radius 1 is 0.586 bits per heavy atom. The van der Waals surface area contributed by atoms with Crippen molar-refractivity contribution in [2.24, 2.45) is 23.1 Å². The molecule has 5 heterocycles. The van der Waals surface area contributed by atoms with Crippen LogP contribution in [-0.4, -0.2) is 296 Å². The summed E-state index contributed by atoms with van der Waals surface area (Å²) in [7, 11) is 3.86. The molecule has 0 spiro atoms. The number of aromatic nitrogens is 1. The summed E-state index contributed by atoms with van der Waals surface area (Å²) in [5.74, 6) is -17.5. The van der Waals surface area contributed by atoms with E-state index in [1.165, 1.54) is 80.4 Å². The van der Waals surface area contributed by atoms with Crippen molar-refractivity contribution in [1.82, 2.24) is 88.0 Å². The van der Waals surface area contributed by atoms with Crippen molar-refractivity contribution < 1.29 is 91.7 Å². The molecule has 2 unspecified atom stereocenters. The number of nitrogens with one attached hydrogen (secondary N) is 13. The van der Waals surface area contributed by atoms with Gasteiger partial charge in [0.25, 0.3) is 0 Å². The second-order valence-corrected chi connectivity index (χ2v) is 34.5. The molecule has 3 aromatic carbocycles. The van der Waals surface area contributed by atoms with Crippen LogP contribution in [0.5, 0.6) is 5.75 Å². The van der Waals surface area contributed by atoms with E-state index in [1.807, 2.05) is 30.5 Å². The molecule has 3 fully saturated rings. The number of para-hydroxylation sites is 1. The van der Waals surface area contributed by atoms with E-state index >= 15 is 24.0 Å². The number of carbonyl (C=O) groups excluding carboxylic acids is 17. The van der Waals surface area contributed by atoms with E-state index in [9.17, 15) is 67.7 Å². The molecule has 21 N–H and O–H groups in total. The van der Waals surface area contributed by atoms with Gasteiger partial charge in [0, 0.05) is 87.6 Å². The monoisotopic (exact) mass is 1810 g/mol. The summed E-state index contributed by atoms with van der Waals surface area (Å²) in [5, 5.41) is 60.8. The van der Waals surface area contributed by atoms with Gasteiger partial charge in [0.1, 0.15) is 90.3 Å². The number of aliphatic hydroxyl groups is 1. The second kappa shape index (κ2) is 47.7. The van der Waals surface area contributed by atoms with E-state index in [0.717, 1.165) is 42.6 Å². The van der Waals surface area contributed by atoms with Gasteiger partial charge in [0.15, 0.2) is 5.96 Å². The van der Waals surface area contributed by atoms with Gasteiger partial charge in [-0.3, -0.25) is 86.9 Å². The number of hydrogen-bond acceptors (Lipinski definition) is 22. The Morgan fingerprint density at radius 3 is 1.78 bits per heavy atom. The lowest BCUT2D eigenvalue weighted by atomic mass is 10.0. The molecule has 0 radical (unpaired) electrons. The van der Waals surface area contributed by atoms with Crippen LogP contribution in [0.2, 0.25) is 0 Å². The smallest absolute Gasteiger partial charge is 0.247 e. The highest BCUT2D eigenvalue weighted by atomic mass is 32.2. The molecular weight excluding hydrogens is 1700 g/mol. The third kappa shape index (κ3) is 27.6. The Labute approximate surface area is 748 Å². The van der Waals surface area contributed by atoms with Crippen molar-refractivity contribution in [2.45, 2.75) is 209 Å². The minimum Gasteiger partial charge on any atom is -0.508 e. The summed E-state index contributed by atoms with van der Waals surface area (Å²) in [6, 6.07) is -1.07. The zero-order valence-corrected chi connectivity index (χ0v) is 74.6. The lowest BCUT2D eigenvalue weighted by molar-refractivity contribution is -0.149. The number of nitrogens with two attached hydrogens (primary N) is 3. The molecule has 0 saturated carbocycles. The number of rotatable bonds is 22. The first-order valence-electron chi connectivity index (χ1n) is 42.5. The SMILES string of the molecule is C=C[C@H]1C(=O)N[C@@H](CC(N)=O)C(=O)N2CCC[C@H]2C(=O)N[C@@H](CO)C(=O)N[C@@H](CC(C)C)C(=O)N2CCC[C@H]2C(=O)N[C@@H](Cc2c[nH]c3ccccc23)C(=O)N[C@@H](C)C(=O)N[C@@H](Cc2csc3ccccc23)C(=O)N(C)[C@@H](CCCC)C(=O)N(C)[C@@H](C)C(=O)N[C@@H](CCCNC(=N)N)C(=O)NC(C(=O)NCC(N)=O)CSCC(=O)NC(Cc2ccc(O)cc2)C(=O)N1C. The molecule has 8 rings (SSSR count). The van der Waals surface area contributed by atoms with Crippen molar-refractivity contribution in [3.8, 4) is 5.75 Å². The highest BCUT2D eigenvalue weighted by Crippen LogP contribution is 2.30. The molecule has 0 bridgehead atoms. The average molecular weight is 1820 g/mol. The number of primary amides is 2. The van der Waals surface area contributed by atoms with Crippen LogP contribution in [0.4, 0.5) is 0 Å². The van der Waals surface area contributed by atoms with Crippen molar-refractivity contribution in [1.29, 1.82) is 5.41 Å². The van der Waals surface area contributed by atoms with Crippen molar-refractivity contribution in [3.63, 3.8) is 0 Å². The first kappa shape index (κ1) is 101. The van der Waals surface area contributed by atoms with Gasteiger partial charge in [-0.05, 0) is 123 Å². The number of phenolic OH excluding ortho intramolecular Hbond substituents is 1. The molecule has 3 aliphatic heterocycles. The molecule has 3 aliphatic rings. The van der Waals surface area contributed by atoms with Crippen LogP contribution in [0.15, 0.2) is 97.0 Å². The van der Waals surface area contributed by atoms with Crippen molar-refractivity contribution >= 4 is 150 Å². The number of aromatic hydroxyl groups is 1. The van der Waals surface area contributed by atoms with Gasteiger partial charge in [-0.15, -0.1) is 29.7 Å². The molecule has 2 aromatic heterocycles. The number of amides is 17. The largest absolute Gasteiger partial charge is 0.508 e. The first-order chi connectivity index (χ1) is 60.8. The van der Waals surface area contributed by atoms with E-state index in [-0.39, 0.29) is 102 Å². The maximum atomic E-state index is 15.5. The maximum absolute atomic E-state index is 15.5. The van der Waals surface area contributed by atoms with Gasteiger partial charge in [-0.1, -0.05) is 88.2 Å². The number of aromatic amines is 1. The lowest BCUT2D eigenvalue weighted by Gasteiger charge is -2.35. The summed E-state index contributed by atoms with van der Waals surface area (Å²) >= 11 is 2.13. The van der Waals surface area contributed by atoms with Gasteiger partial charge in [0.2, 0.25) is 100 Å². The number of fused-ring (bicyclic) bond motifs is 4. The van der Waals surface area contributed by atoms with Gasteiger partial charge in [0.05, 0.1) is 25.3 Å². The van der Waals surface area contributed by atoms with Crippen molar-refractivity contribution in [2.75, 3.05) is 65.4 Å². The number of guanidine groups is 1. The topological polar surface area (TPSA) is 597 Å². The minimum atomic E-state index is -1.82. The fourth-order valence-corrected chi connectivity index (χ4v) is 17.3. The minimum absolute atomic E-state index is 0.00218.